The van der Waals surface area contributed by atoms with Crippen molar-refractivity contribution in [2.75, 3.05) is 6.61 Å². The lowest BCUT2D eigenvalue weighted by atomic mass is 10.0. The minimum atomic E-state index is 0.138. The first kappa shape index (κ1) is 9.85. The van der Waals surface area contributed by atoms with Crippen LogP contribution in [0.3, 0.4) is 0 Å². The molecule has 0 unspecified atom stereocenters. The SMILES string of the molecule is O=C1c2cc(CCO)ccc2CN1C1CC1. The topological polar surface area (TPSA) is 40.5 Å². The second-order valence-electron chi connectivity index (χ2n) is 4.63. The molecule has 1 N–H and O–H groups in total. The zero-order valence-electron chi connectivity index (χ0n) is 9.15. The number of benzene rings is 1. The Labute approximate surface area is 94.7 Å². The van der Waals surface area contributed by atoms with E-state index in [0.29, 0.717) is 12.5 Å². The average Bonchev–Trinajstić information content (AvgIpc) is 3.07. The third kappa shape index (κ3) is 1.52. The van der Waals surface area contributed by atoms with E-state index in [-0.39, 0.29) is 12.5 Å². The molecule has 3 nitrogen and oxygen atoms in total. The molecule has 0 saturated heterocycles. The zero-order chi connectivity index (χ0) is 11.1. The molecule has 84 valence electrons. The Morgan fingerprint density at radius 2 is 2.19 bits per heavy atom. The molecule has 0 aromatic heterocycles. The van der Waals surface area contributed by atoms with Gasteiger partial charge in [0.15, 0.2) is 0 Å². The van der Waals surface area contributed by atoms with E-state index in [4.69, 9.17) is 5.11 Å². The summed E-state index contributed by atoms with van der Waals surface area (Å²) in [5, 5.41) is 8.89. The molecule has 3 heteroatoms. The van der Waals surface area contributed by atoms with E-state index in [1.807, 2.05) is 23.1 Å². The van der Waals surface area contributed by atoms with Crippen molar-refractivity contribution in [2.45, 2.75) is 31.8 Å². The number of carbonyl (C=O) groups excluding carboxylic acids is 1. The van der Waals surface area contributed by atoms with Crippen LogP contribution in [-0.4, -0.2) is 28.6 Å². The van der Waals surface area contributed by atoms with E-state index in [1.54, 1.807) is 0 Å². The van der Waals surface area contributed by atoms with Crippen LogP contribution in [0.4, 0.5) is 0 Å². The Hall–Kier alpha value is -1.35. The number of amides is 1. The zero-order valence-corrected chi connectivity index (χ0v) is 9.15. The molecule has 1 aliphatic carbocycles. The van der Waals surface area contributed by atoms with Crippen LogP contribution in [-0.2, 0) is 13.0 Å². The maximum atomic E-state index is 12.1. The second-order valence-corrected chi connectivity index (χ2v) is 4.63. The van der Waals surface area contributed by atoms with Gasteiger partial charge in [0.25, 0.3) is 5.91 Å². The minimum Gasteiger partial charge on any atom is -0.396 e. The smallest absolute Gasteiger partial charge is 0.254 e. The van der Waals surface area contributed by atoms with Gasteiger partial charge in [0.05, 0.1) is 0 Å². The van der Waals surface area contributed by atoms with Gasteiger partial charge in [-0.1, -0.05) is 12.1 Å². The van der Waals surface area contributed by atoms with Gasteiger partial charge in [0, 0.05) is 24.8 Å². The predicted molar refractivity (Wildman–Crippen MR) is 60.1 cm³/mol. The van der Waals surface area contributed by atoms with Crippen LogP contribution >= 0.6 is 0 Å². The van der Waals surface area contributed by atoms with Crippen molar-refractivity contribution < 1.29 is 9.90 Å². The molecule has 1 aromatic rings. The van der Waals surface area contributed by atoms with E-state index >= 15 is 0 Å². The molecule has 2 aliphatic rings. The number of fused-ring (bicyclic) bond motifs is 1. The van der Waals surface area contributed by atoms with Gasteiger partial charge in [0.1, 0.15) is 0 Å². The molecule has 16 heavy (non-hydrogen) atoms. The molecule has 1 aliphatic heterocycles. The van der Waals surface area contributed by atoms with E-state index in [2.05, 4.69) is 0 Å². The molecule has 1 saturated carbocycles. The molecule has 1 fully saturated rings. The normalized spacial score (nSPS) is 19.1. The lowest BCUT2D eigenvalue weighted by Gasteiger charge is -2.13. The highest BCUT2D eigenvalue weighted by molar-refractivity contribution is 5.98. The number of aliphatic hydroxyl groups excluding tert-OH is 1. The lowest BCUT2D eigenvalue weighted by molar-refractivity contribution is 0.0766. The number of aliphatic hydroxyl groups is 1. The number of carbonyl (C=O) groups is 1. The third-order valence-electron chi connectivity index (χ3n) is 3.39. The molecular formula is C13H15NO2. The van der Waals surface area contributed by atoms with Crippen LogP contribution in [0.25, 0.3) is 0 Å². The van der Waals surface area contributed by atoms with Crippen molar-refractivity contribution in [3.63, 3.8) is 0 Å². The molecule has 3 rings (SSSR count). The van der Waals surface area contributed by atoms with Crippen molar-refractivity contribution >= 4 is 5.91 Å². The Morgan fingerprint density at radius 3 is 2.88 bits per heavy atom. The third-order valence-corrected chi connectivity index (χ3v) is 3.39. The van der Waals surface area contributed by atoms with E-state index < -0.39 is 0 Å². The minimum absolute atomic E-state index is 0.138. The largest absolute Gasteiger partial charge is 0.396 e. The highest BCUT2D eigenvalue weighted by Crippen LogP contribution is 2.34. The Bertz CT molecular complexity index is 438. The van der Waals surface area contributed by atoms with Gasteiger partial charge in [-0.3, -0.25) is 4.79 Å². The van der Waals surface area contributed by atoms with Crippen LogP contribution in [0, 0.1) is 0 Å². The second kappa shape index (κ2) is 3.59. The monoisotopic (exact) mass is 217 g/mol. The molecule has 1 aromatic carbocycles. The van der Waals surface area contributed by atoms with Gasteiger partial charge in [-0.25, -0.2) is 0 Å². The van der Waals surface area contributed by atoms with E-state index in [9.17, 15) is 4.79 Å². The van der Waals surface area contributed by atoms with Gasteiger partial charge in [-0.2, -0.15) is 0 Å². The quantitative estimate of drug-likeness (QED) is 0.830. The summed E-state index contributed by atoms with van der Waals surface area (Å²) in [6.45, 7) is 0.914. The van der Waals surface area contributed by atoms with Crippen molar-refractivity contribution in [1.29, 1.82) is 0 Å². The van der Waals surface area contributed by atoms with Crippen LogP contribution in [0.2, 0.25) is 0 Å². The van der Waals surface area contributed by atoms with Gasteiger partial charge in [-0.05, 0) is 36.5 Å². The molecular weight excluding hydrogens is 202 g/mol. The van der Waals surface area contributed by atoms with Crippen molar-refractivity contribution in [2.24, 2.45) is 0 Å². The number of hydrogen-bond acceptors (Lipinski definition) is 2. The van der Waals surface area contributed by atoms with Crippen molar-refractivity contribution in [1.82, 2.24) is 4.90 Å². The van der Waals surface area contributed by atoms with Crippen LogP contribution in [0.5, 0.6) is 0 Å². The molecule has 0 radical (unpaired) electrons. The molecule has 0 bridgehead atoms. The van der Waals surface area contributed by atoms with Gasteiger partial charge >= 0.3 is 0 Å². The average molecular weight is 217 g/mol. The number of hydrogen-bond donors (Lipinski definition) is 1. The van der Waals surface area contributed by atoms with E-state index in [0.717, 1.165) is 36.1 Å². The van der Waals surface area contributed by atoms with Crippen molar-refractivity contribution in [3.8, 4) is 0 Å². The van der Waals surface area contributed by atoms with Gasteiger partial charge in [0.2, 0.25) is 0 Å². The first-order valence-corrected chi connectivity index (χ1v) is 5.83. The summed E-state index contributed by atoms with van der Waals surface area (Å²) in [4.78, 5) is 14.1. The molecule has 0 atom stereocenters. The Balaban J connectivity index is 1.90. The fourth-order valence-corrected chi connectivity index (χ4v) is 2.34. The first-order chi connectivity index (χ1) is 7.79. The summed E-state index contributed by atoms with van der Waals surface area (Å²) in [5.41, 5.74) is 3.03. The summed E-state index contributed by atoms with van der Waals surface area (Å²) in [5.74, 6) is 0.178. The first-order valence-electron chi connectivity index (χ1n) is 5.83. The lowest BCUT2D eigenvalue weighted by Crippen LogP contribution is -2.25. The van der Waals surface area contributed by atoms with Crippen LogP contribution in [0.15, 0.2) is 18.2 Å². The summed E-state index contributed by atoms with van der Waals surface area (Å²) in [6, 6.07) is 6.47. The molecule has 0 spiro atoms. The fraction of sp³-hybridized carbons (Fsp3) is 0.462. The van der Waals surface area contributed by atoms with Crippen LogP contribution < -0.4 is 0 Å². The fourth-order valence-electron chi connectivity index (χ4n) is 2.34. The van der Waals surface area contributed by atoms with Crippen LogP contribution in [0.1, 0.15) is 34.3 Å². The van der Waals surface area contributed by atoms with Gasteiger partial charge < -0.3 is 10.0 Å². The molecule has 1 heterocycles. The molecule has 1 amide bonds. The maximum Gasteiger partial charge on any atom is 0.254 e. The van der Waals surface area contributed by atoms with Crippen molar-refractivity contribution in [3.05, 3.63) is 34.9 Å². The summed E-state index contributed by atoms with van der Waals surface area (Å²) in [7, 11) is 0. The Morgan fingerprint density at radius 1 is 1.38 bits per heavy atom. The van der Waals surface area contributed by atoms with E-state index in [1.165, 1.54) is 0 Å². The predicted octanol–water partition coefficient (Wildman–Crippen LogP) is 1.34. The number of nitrogens with zero attached hydrogens (tertiary/aromatic N) is 1. The summed E-state index contributed by atoms with van der Waals surface area (Å²) in [6.07, 6.45) is 2.94. The Kier molecular flexibility index (Phi) is 2.21. The van der Waals surface area contributed by atoms with Gasteiger partial charge in [-0.15, -0.1) is 0 Å². The number of rotatable bonds is 3. The highest BCUT2D eigenvalue weighted by atomic mass is 16.3. The highest BCUT2D eigenvalue weighted by Gasteiger charge is 2.38. The standard InChI is InChI=1S/C13H15NO2/c15-6-5-9-1-2-10-8-14(11-3-4-11)13(16)12(10)7-9/h1-2,7,11,15H,3-6,8H2. The summed E-state index contributed by atoms with van der Waals surface area (Å²) >= 11 is 0. The maximum absolute atomic E-state index is 12.1. The summed E-state index contributed by atoms with van der Waals surface area (Å²) < 4.78 is 0.